The number of hydrogen-bond donors (Lipinski definition) is 1. The molecule has 2 heterocycles. The lowest BCUT2D eigenvalue weighted by atomic mass is 10.0. The van der Waals surface area contributed by atoms with Gasteiger partial charge < -0.3 is 19.5 Å². The predicted molar refractivity (Wildman–Crippen MR) is 162 cm³/mol. The van der Waals surface area contributed by atoms with Gasteiger partial charge in [-0.05, 0) is 77.0 Å². The van der Waals surface area contributed by atoms with Crippen molar-refractivity contribution >= 4 is 17.5 Å². The number of nitrogens with one attached hydrogen (secondary N) is 1. The van der Waals surface area contributed by atoms with Gasteiger partial charge in [-0.1, -0.05) is 24.3 Å². The van der Waals surface area contributed by atoms with Gasteiger partial charge in [0.1, 0.15) is 43.2 Å². The Hall–Kier alpha value is -5.85. The molecule has 1 aliphatic rings. The van der Waals surface area contributed by atoms with Crippen molar-refractivity contribution in [3.8, 4) is 28.6 Å². The van der Waals surface area contributed by atoms with E-state index >= 15 is 0 Å². The van der Waals surface area contributed by atoms with Gasteiger partial charge >= 0.3 is 0 Å². The highest BCUT2D eigenvalue weighted by molar-refractivity contribution is 6.01. The van der Waals surface area contributed by atoms with Gasteiger partial charge in [-0.2, -0.15) is 4.80 Å². The highest BCUT2D eigenvalue weighted by atomic mass is 19.1. The molecule has 4 aromatic carbocycles. The minimum Gasteiger partial charge on any atom is -0.497 e. The first-order valence-corrected chi connectivity index (χ1v) is 14.3. The van der Waals surface area contributed by atoms with Crippen LogP contribution in [0.15, 0.2) is 91.0 Å². The Bertz CT molecular complexity index is 1830. The molecule has 0 saturated carbocycles. The zero-order valence-corrected chi connectivity index (χ0v) is 24.6. The molecule has 1 atom stereocenters. The molecule has 0 bridgehead atoms. The summed E-state index contributed by atoms with van der Waals surface area (Å²) in [7, 11) is 1.56. The Morgan fingerprint density at radius 3 is 2.28 bits per heavy atom. The molecule has 0 radical (unpaired) electrons. The quantitative estimate of drug-likeness (QED) is 0.241. The minimum atomic E-state index is -1.24. The third-order valence-corrected chi connectivity index (χ3v) is 7.22. The van der Waals surface area contributed by atoms with Crippen molar-refractivity contribution < 1.29 is 32.6 Å². The van der Waals surface area contributed by atoms with E-state index in [0.29, 0.717) is 47.3 Å². The van der Waals surface area contributed by atoms with E-state index in [4.69, 9.17) is 14.2 Å². The third kappa shape index (κ3) is 6.78. The van der Waals surface area contributed by atoms with Gasteiger partial charge in [0.05, 0.1) is 7.11 Å². The number of carbonyl (C=O) groups is 2. The smallest absolute Gasteiger partial charge is 0.251 e. The largest absolute Gasteiger partial charge is 0.497 e. The van der Waals surface area contributed by atoms with E-state index in [1.54, 1.807) is 37.4 Å². The maximum absolute atomic E-state index is 14.2. The molecule has 0 fully saturated rings. The summed E-state index contributed by atoms with van der Waals surface area (Å²) in [5.74, 6) is -0.276. The Kier molecular flexibility index (Phi) is 8.81. The van der Waals surface area contributed by atoms with E-state index in [1.165, 1.54) is 53.4 Å². The summed E-state index contributed by atoms with van der Waals surface area (Å²) in [6.07, 6.45) is 0. The lowest BCUT2D eigenvalue weighted by Gasteiger charge is -2.32. The summed E-state index contributed by atoms with van der Waals surface area (Å²) in [5, 5.41) is 15.2. The molecule has 11 nitrogen and oxygen atoms in total. The first-order chi connectivity index (χ1) is 22.4. The zero-order chi connectivity index (χ0) is 32.0. The molecule has 0 saturated heterocycles. The number of ether oxygens (including phenoxy) is 3. The van der Waals surface area contributed by atoms with Gasteiger partial charge in [0.2, 0.25) is 11.7 Å². The molecule has 6 rings (SSSR count). The fourth-order valence-corrected chi connectivity index (χ4v) is 4.93. The molecule has 234 valence electrons. The Morgan fingerprint density at radius 1 is 0.913 bits per heavy atom. The van der Waals surface area contributed by atoms with Crippen LogP contribution in [0, 0.1) is 11.6 Å². The van der Waals surface area contributed by atoms with Gasteiger partial charge in [-0.15, -0.1) is 10.2 Å². The number of rotatable bonds is 10. The fourth-order valence-electron chi connectivity index (χ4n) is 4.93. The minimum absolute atomic E-state index is 0.148. The Labute approximate surface area is 262 Å². The monoisotopic (exact) mass is 626 g/mol. The zero-order valence-electron chi connectivity index (χ0n) is 24.6. The van der Waals surface area contributed by atoms with E-state index in [-0.39, 0.29) is 12.4 Å². The molecule has 0 aliphatic carbocycles. The van der Waals surface area contributed by atoms with E-state index in [0.717, 1.165) is 10.4 Å². The summed E-state index contributed by atoms with van der Waals surface area (Å²) in [6, 6.07) is 21.7. The van der Waals surface area contributed by atoms with Crippen molar-refractivity contribution in [1.82, 2.24) is 25.5 Å². The number of benzene rings is 4. The molecule has 2 amide bonds. The van der Waals surface area contributed by atoms with Crippen molar-refractivity contribution in [3.63, 3.8) is 0 Å². The molecule has 0 spiro atoms. The van der Waals surface area contributed by atoms with Gasteiger partial charge in [0.25, 0.3) is 5.91 Å². The van der Waals surface area contributed by atoms with Crippen LogP contribution in [0.5, 0.6) is 17.2 Å². The topological polar surface area (TPSA) is 121 Å². The number of methoxy groups -OCH3 is 1. The summed E-state index contributed by atoms with van der Waals surface area (Å²) in [5.41, 5.74) is 1.98. The number of hydrogen-bond acceptors (Lipinski definition) is 8. The predicted octanol–water partition coefficient (Wildman–Crippen LogP) is 4.49. The second-order valence-electron chi connectivity index (χ2n) is 10.3. The number of aromatic nitrogens is 4. The normalized spacial score (nSPS) is 12.7. The Morgan fingerprint density at radius 2 is 1.59 bits per heavy atom. The van der Waals surface area contributed by atoms with Crippen LogP contribution in [-0.4, -0.2) is 52.3 Å². The first-order valence-electron chi connectivity index (χ1n) is 14.3. The van der Waals surface area contributed by atoms with E-state index < -0.39 is 36.0 Å². The lowest BCUT2D eigenvalue weighted by molar-refractivity contribution is -0.127. The summed E-state index contributed by atoms with van der Waals surface area (Å²) >= 11 is 0. The molecule has 13 heteroatoms. The summed E-state index contributed by atoms with van der Waals surface area (Å²) in [4.78, 5) is 30.6. The maximum Gasteiger partial charge on any atom is 0.251 e. The van der Waals surface area contributed by atoms with Gasteiger partial charge in [0, 0.05) is 23.9 Å². The van der Waals surface area contributed by atoms with Crippen LogP contribution in [0.1, 0.15) is 17.2 Å². The number of amides is 2. The number of fused-ring (bicyclic) bond motifs is 1. The molecule has 0 unspecified atom stereocenters. The molecule has 1 N–H and O–H groups in total. The molecule has 46 heavy (non-hydrogen) atoms. The van der Waals surface area contributed by atoms with Gasteiger partial charge in [-0.3, -0.25) is 14.5 Å². The second-order valence-corrected chi connectivity index (χ2v) is 10.3. The SMILES string of the molecule is COc1ccc(CNC(=O)[C@H](c2ccc(F)cc2)N(C(=O)Cn2nnc(-c3ccc(F)cc3)n2)c2ccc3c(c2)OCCO3)cc1. The number of nitrogens with zero attached hydrogens (tertiary/aromatic N) is 5. The van der Waals surface area contributed by atoms with Crippen LogP contribution in [0.4, 0.5) is 14.5 Å². The van der Waals surface area contributed by atoms with Crippen LogP contribution in [-0.2, 0) is 22.7 Å². The van der Waals surface area contributed by atoms with Crippen molar-refractivity contribution in [2.24, 2.45) is 0 Å². The average molecular weight is 627 g/mol. The van der Waals surface area contributed by atoms with Crippen LogP contribution in [0.3, 0.4) is 0 Å². The molecular formula is C33H28F2N6O5. The molecule has 5 aromatic rings. The number of halogens is 2. The lowest BCUT2D eigenvalue weighted by Crippen LogP contribution is -2.45. The summed E-state index contributed by atoms with van der Waals surface area (Å²) < 4.78 is 44.1. The van der Waals surface area contributed by atoms with Crippen molar-refractivity contribution in [2.75, 3.05) is 25.2 Å². The average Bonchev–Trinajstić information content (AvgIpc) is 3.55. The standard InChI is InChI=1S/C33H28F2N6O5/c1-44-27-13-2-21(3-14-27)19-36-33(43)31(22-4-8-24(34)9-5-22)41(26-12-15-28-29(18-26)46-17-16-45-28)30(42)20-40-38-32(37-39-40)23-6-10-25(35)11-7-23/h2-15,18,31H,16-17,19-20H2,1H3,(H,36,43)/t31-/m0/s1. The number of carbonyl (C=O) groups excluding carboxylic acids is 2. The number of tetrazole rings is 1. The molecular weight excluding hydrogens is 598 g/mol. The van der Waals surface area contributed by atoms with Crippen LogP contribution >= 0.6 is 0 Å². The van der Waals surface area contributed by atoms with Gasteiger partial charge in [-0.25, -0.2) is 8.78 Å². The highest BCUT2D eigenvalue weighted by Crippen LogP contribution is 2.37. The first kappa shape index (κ1) is 30.2. The highest BCUT2D eigenvalue weighted by Gasteiger charge is 2.34. The second kappa shape index (κ2) is 13.4. The van der Waals surface area contributed by atoms with Crippen molar-refractivity contribution in [1.29, 1.82) is 0 Å². The van der Waals surface area contributed by atoms with Crippen LogP contribution in [0.25, 0.3) is 11.4 Å². The fraction of sp³-hybridized carbons (Fsp3) is 0.182. The van der Waals surface area contributed by atoms with Crippen LogP contribution in [0.2, 0.25) is 0 Å². The third-order valence-electron chi connectivity index (χ3n) is 7.22. The number of anilines is 1. The molecule has 1 aromatic heterocycles. The van der Waals surface area contributed by atoms with Crippen molar-refractivity contribution in [3.05, 3.63) is 114 Å². The van der Waals surface area contributed by atoms with Crippen LogP contribution < -0.4 is 24.4 Å². The summed E-state index contributed by atoms with van der Waals surface area (Å²) in [6.45, 7) is 0.417. The van der Waals surface area contributed by atoms with E-state index in [9.17, 15) is 18.4 Å². The Balaban J connectivity index is 1.36. The van der Waals surface area contributed by atoms with Gasteiger partial charge in [0.15, 0.2) is 11.5 Å². The van der Waals surface area contributed by atoms with E-state index in [1.807, 2.05) is 12.1 Å². The van der Waals surface area contributed by atoms with E-state index in [2.05, 4.69) is 20.7 Å². The molecule has 1 aliphatic heterocycles. The maximum atomic E-state index is 14.2. The van der Waals surface area contributed by atoms with Crippen molar-refractivity contribution in [2.45, 2.75) is 19.1 Å².